The molecule has 0 N–H and O–H groups in total. The maximum absolute atomic E-state index is 12.0. The number of alkyl halides is 3. The predicted octanol–water partition coefficient (Wildman–Crippen LogP) is 4.64. The van der Waals surface area contributed by atoms with Gasteiger partial charge in [-0.25, -0.2) is 0 Å². The monoisotopic (exact) mass is 265 g/mol. The summed E-state index contributed by atoms with van der Waals surface area (Å²) in [6.45, 7) is 3.70. The molecule has 0 fully saturated rings. The van der Waals surface area contributed by atoms with Crippen LogP contribution in [0.1, 0.15) is 5.56 Å². The summed E-state index contributed by atoms with van der Waals surface area (Å²) in [6.07, 6.45) is -4.71. The van der Waals surface area contributed by atoms with Gasteiger partial charge in [0.2, 0.25) is 0 Å². The molecule has 1 heterocycles. The van der Waals surface area contributed by atoms with E-state index in [-0.39, 0.29) is 10.8 Å². The predicted molar refractivity (Wildman–Crippen MR) is 58.0 cm³/mol. The fourth-order valence-electron chi connectivity index (χ4n) is 1.31. The SMILES string of the molecule is [CH2]c1csc2c(Cl)cc(OC(F)(F)F)cc12. The molecule has 0 spiro atoms. The maximum Gasteiger partial charge on any atom is 0.573 e. The lowest BCUT2D eigenvalue weighted by Crippen LogP contribution is -2.17. The van der Waals surface area contributed by atoms with Crippen LogP contribution in [0.15, 0.2) is 17.5 Å². The Hall–Kier alpha value is -0.940. The van der Waals surface area contributed by atoms with Crippen LogP contribution in [-0.4, -0.2) is 6.36 Å². The summed E-state index contributed by atoms with van der Waals surface area (Å²) < 4.78 is 40.6. The highest BCUT2D eigenvalue weighted by Gasteiger charge is 2.31. The lowest BCUT2D eigenvalue weighted by atomic mass is 10.2. The van der Waals surface area contributed by atoms with E-state index < -0.39 is 6.36 Å². The normalized spacial score (nSPS) is 12.1. The summed E-state index contributed by atoms with van der Waals surface area (Å²) in [6, 6.07) is 2.43. The van der Waals surface area contributed by atoms with Crippen LogP contribution in [0.4, 0.5) is 13.2 Å². The van der Waals surface area contributed by atoms with Crippen molar-refractivity contribution in [2.24, 2.45) is 0 Å². The number of benzene rings is 1. The van der Waals surface area contributed by atoms with Crippen LogP contribution in [-0.2, 0) is 0 Å². The van der Waals surface area contributed by atoms with Crippen LogP contribution in [0, 0.1) is 6.92 Å². The van der Waals surface area contributed by atoms with Gasteiger partial charge in [-0.3, -0.25) is 0 Å². The molecule has 0 aliphatic rings. The largest absolute Gasteiger partial charge is 0.573 e. The zero-order valence-electron chi connectivity index (χ0n) is 7.77. The van der Waals surface area contributed by atoms with Gasteiger partial charge < -0.3 is 4.74 Å². The highest BCUT2D eigenvalue weighted by molar-refractivity contribution is 7.18. The van der Waals surface area contributed by atoms with Gasteiger partial charge in [0.1, 0.15) is 5.75 Å². The van der Waals surface area contributed by atoms with Crippen molar-refractivity contribution < 1.29 is 17.9 Å². The molecule has 0 aliphatic carbocycles. The summed E-state index contributed by atoms with van der Waals surface area (Å²) in [5.41, 5.74) is 0.634. The lowest BCUT2D eigenvalue weighted by molar-refractivity contribution is -0.274. The second-order valence-corrected chi connectivity index (χ2v) is 4.38. The van der Waals surface area contributed by atoms with Gasteiger partial charge in [0, 0.05) is 11.5 Å². The van der Waals surface area contributed by atoms with Crippen molar-refractivity contribution in [1.82, 2.24) is 0 Å². The molecule has 0 aliphatic heterocycles. The van der Waals surface area contributed by atoms with E-state index in [1.807, 2.05) is 0 Å². The zero-order chi connectivity index (χ0) is 11.9. The number of fused-ring (bicyclic) bond motifs is 1. The van der Waals surface area contributed by atoms with E-state index in [1.165, 1.54) is 17.4 Å². The highest BCUT2D eigenvalue weighted by Crippen LogP contribution is 2.36. The molecule has 0 saturated carbocycles. The van der Waals surface area contributed by atoms with Crippen molar-refractivity contribution in [3.8, 4) is 5.75 Å². The molecule has 1 aromatic heterocycles. The molecule has 1 nitrogen and oxygen atoms in total. The molecule has 0 saturated heterocycles. The van der Waals surface area contributed by atoms with Gasteiger partial charge in [-0.1, -0.05) is 11.6 Å². The van der Waals surface area contributed by atoms with Gasteiger partial charge >= 0.3 is 6.36 Å². The Morgan fingerprint density at radius 2 is 2.00 bits per heavy atom. The van der Waals surface area contributed by atoms with Crippen LogP contribution in [0.3, 0.4) is 0 Å². The highest BCUT2D eigenvalue weighted by atomic mass is 35.5. The van der Waals surface area contributed by atoms with Gasteiger partial charge in [0.25, 0.3) is 0 Å². The van der Waals surface area contributed by atoms with E-state index in [2.05, 4.69) is 11.7 Å². The average molecular weight is 266 g/mol. The van der Waals surface area contributed by atoms with Gasteiger partial charge in [0.05, 0.1) is 9.72 Å². The Morgan fingerprint density at radius 1 is 1.31 bits per heavy atom. The second-order valence-electron chi connectivity index (χ2n) is 3.09. The minimum absolute atomic E-state index is 0.233. The first-order valence-corrected chi connectivity index (χ1v) is 5.41. The summed E-state index contributed by atoms with van der Waals surface area (Å²) in [7, 11) is 0. The van der Waals surface area contributed by atoms with E-state index in [0.29, 0.717) is 15.6 Å². The van der Waals surface area contributed by atoms with Crippen molar-refractivity contribution in [3.05, 3.63) is 35.0 Å². The fourth-order valence-corrected chi connectivity index (χ4v) is 2.53. The minimum atomic E-state index is -4.71. The molecule has 0 bridgehead atoms. The van der Waals surface area contributed by atoms with E-state index in [9.17, 15) is 13.2 Å². The molecule has 0 unspecified atom stereocenters. The van der Waals surface area contributed by atoms with Crippen molar-refractivity contribution in [2.45, 2.75) is 6.36 Å². The summed E-state index contributed by atoms with van der Waals surface area (Å²) in [4.78, 5) is 0. The standard InChI is InChI=1S/C10H5ClF3OS/c1-5-4-16-9-7(5)2-6(3-8(9)11)15-10(12,13)14/h2-4H,1H2. The number of halogens is 4. The lowest BCUT2D eigenvalue weighted by Gasteiger charge is -2.09. The molecule has 2 aromatic rings. The third kappa shape index (κ3) is 2.25. The Kier molecular flexibility index (Phi) is 2.75. The summed E-state index contributed by atoms with van der Waals surface area (Å²) in [5.74, 6) is -0.326. The molecule has 2 rings (SSSR count). The Morgan fingerprint density at radius 3 is 2.62 bits per heavy atom. The van der Waals surface area contributed by atoms with Crippen molar-refractivity contribution >= 4 is 33.0 Å². The maximum atomic E-state index is 12.0. The molecular formula is C10H5ClF3OS. The molecule has 16 heavy (non-hydrogen) atoms. The number of hydrogen-bond donors (Lipinski definition) is 0. The molecule has 0 atom stereocenters. The van der Waals surface area contributed by atoms with E-state index in [1.54, 1.807) is 5.38 Å². The summed E-state index contributed by atoms with van der Waals surface area (Å²) in [5, 5.41) is 2.54. The topological polar surface area (TPSA) is 9.23 Å². The number of thiophene rings is 1. The third-order valence-electron chi connectivity index (χ3n) is 1.92. The molecule has 1 radical (unpaired) electrons. The molecular weight excluding hydrogens is 261 g/mol. The molecule has 6 heteroatoms. The van der Waals surface area contributed by atoms with Crippen LogP contribution in [0.2, 0.25) is 5.02 Å². The number of ether oxygens (including phenoxy) is 1. The molecule has 85 valence electrons. The van der Waals surface area contributed by atoms with Crippen LogP contribution in [0.25, 0.3) is 10.1 Å². The third-order valence-corrected chi connectivity index (χ3v) is 3.40. The van der Waals surface area contributed by atoms with Crippen LogP contribution < -0.4 is 4.74 Å². The van der Waals surface area contributed by atoms with Crippen molar-refractivity contribution in [1.29, 1.82) is 0 Å². The Bertz CT molecular complexity index is 533. The number of rotatable bonds is 1. The second kappa shape index (κ2) is 3.82. The van der Waals surface area contributed by atoms with E-state index in [4.69, 9.17) is 11.6 Å². The van der Waals surface area contributed by atoms with Crippen LogP contribution in [0.5, 0.6) is 5.75 Å². The van der Waals surface area contributed by atoms with Gasteiger partial charge in [-0.2, -0.15) is 0 Å². The van der Waals surface area contributed by atoms with E-state index >= 15 is 0 Å². The quantitative estimate of drug-likeness (QED) is 0.730. The Balaban J connectivity index is 2.52. The molecule has 1 aromatic carbocycles. The average Bonchev–Trinajstić information content (AvgIpc) is 2.45. The fraction of sp³-hybridized carbons (Fsp3) is 0.100. The summed E-state index contributed by atoms with van der Waals surface area (Å²) >= 11 is 7.18. The molecule has 0 amide bonds. The first kappa shape index (κ1) is 11.5. The number of hydrogen-bond acceptors (Lipinski definition) is 2. The van der Waals surface area contributed by atoms with Crippen molar-refractivity contribution in [2.75, 3.05) is 0 Å². The smallest absolute Gasteiger partial charge is 0.406 e. The van der Waals surface area contributed by atoms with E-state index in [0.717, 1.165) is 6.07 Å². The van der Waals surface area contributed by atoms with Gasteiger partial charge in [0.15, 0.2) is 0 Å². The minimum Gasteiger partial charge on any atom is -0.406 e. The van der Waals surface area contributed by atoms with Crippen molar-refractivity contribution in [3.63, 3.8) is 0 Å². The first-order chi connectivity index (χ1) is 7.37. The Labute approximate surface area is 98.4 Å². The van der Waals surface area contributed by atoms with Gasteiger partial charge in [-0.15, -0.1) is 24.5 Å². The van der Waals surface area contributed by atoms with Crippen LogP contribution >= 0.6 is 22.9 Å². The first-order valence-electron chi connectivity index (χ1n) is 4.15. The zero-order valence-corrected chi connectivity index (χ0v) is 9.34. The van der Waals surface area contributed by atoms with Gasteiger partial charge in [-0.05, 0) is 23.9 Å².